The van der Waals surface area contributed by atoms with E-state index in [-0.39, 0.29) is 6.61 Å². The minimum absolute atomic E-state index is 0.108. The van der Waals surface area contributed by atoms with Crippen molar-refractivity contribution in [3.63, 3.8) is 0 Å². The van der Waals surface area contributed by atoms with Crippen molar-refractivity contribution in [3.05, 3.63) is 29.8 Å². The van der Waals surface area contributed by atoms with Gasteiger partial charge in [0.15, 0.2) is 0 Å². The van der Waals surface area contributed by atoms with Gasteiger partial charge in [-0.25, -0.2) is 0 Å². The Kier molecular flexibility index (Phi) is 5.83. The lowest BCUT2D eigenvalue weighted by atomic mass is 10.1. The lowest BCUT2D eigenvalue weighted by Crippen LogP contribution is -2.52. The molecule has 1 N–H and O–H groups in total. The first-order valence-electron chi connectivity index (χ1n) is 7.45. The van der Waals surface area contributed by atoms with Crippen LogP contribution < -0.4 is 4.90 Å². The van der Waals surface area contributed by atoms with Gasteiger partial charge in [-0.05, 0) is 26.0 Å². The van der Waals surface area contributed by atoms with E-state index in [4.69, 9.17) is 9.84 Å². The average Bonchev–Trinajstić information content (AvgIpc) is 2.46. The lowest BCUT2D eigenvalue weighted by molar-refractivity contribution is 0.0624. The molecule has 0 saturated carbocycles. The second-order valence-electron chi connectivity index (χ2n) is 5.50. The van der Waals surface area contributed by atoms with E-state index in [0.29, 0.717) is 19.3 Å². The first-order chi connectivity index (χ1) is 9.70. The molecule has 2 rings (SSSR count). The van der Waals surface area contributed by atoms with Crippen molar-refractivity contribution in [1.82, 2.24) is 4.90 Å². The molecule has 1 aliphatic rings. The van der Waals surface area contributed by atoms with Crippen LogP contribution in [0.25, 0.3) is 0 Å². The van der Waals surface area contributed by atoms with Crippen molar-refractivity contribution < 1.29 is 9.84 Å². The van der Waals surface area contributed by atoms with Gasteiger partial charge in [0.25, 0.3) is 0 Å². The number of ether oxygens (including phenoxy) is 1. The second-order valence-corrected chi connectivity index (χ2v) is 5.50. The molecule has 1 aromatic rings. The van der Waals surface area contributed by atoms with E-state index in [0.717, 1.165) is 26.2 Å². The topological polar surface area (TPSA) is 35.9 Å². The Bertz CT molecular complexity index is 394. The number of hydrogen-bond donors (Lipinski definition) is 1. The summed E-state index contributed by atoms with van der Waals surface area (Å²) in [5.41, 5.74) is 2.63. The van der Waals surface area contributed by atoms with Gasteiger partial charge in [0.1, 0.15) is 0 Å². The summed E-state index contributed by atoms with van der Waals surface area (Å²) >= 11 is 0. The van der Waals surface area contributed by atoms with Gasteiger partial charge < -0.3 is 14.7 Å². The van der Waals surface area contributed by atoms with Gasteiger partial charge >= 0.3 is 0 Å². The number of aliphatic hydroxyl groups is 1. The van der Waals surface area contributed by atoms with E-state index >= 15 is 0 Å². The van der Waals surface area contributed by atoms with Gasteiger partial charge in [0.2, 0.25) is 0 Å². The summed E-state index contributed by atoms with van der Waals surface area (Å²) in [5, 5.41) is 8.69. The van der Waals surface area contributed by atoms with Crippen LogP contribution >= 0.6 is 0 Å². The van der Waals surface area contributed by atoms with Crippen LogP contribution in [0.5, 0.6) is 0 Å². The minimum atomic E-state index is 0.108. The maximum atomic E-state index is 8.69. The molecule has 1 unspecified atom stereocenters. The molecule has 0 radical (unpaired) electrons. The zero-order valence-electron chi connectivity index (χ0n) is 12.6. The zero-order valence-corrected chi connectivity index (χ0v) is 12.6. The summed E-state index contributed by atoms with van der Waals surface area (Å²) < 4.78 is 5.35. The van der Waals surface area contributed by atoms with Crippen LogP contribution in [-0.2, 0) is 4.74 Å². The normalized spacial score (nSPS) is 20.4. The molecule has 1 saturated heterocycles. The van der Waals surface area contributed by atoms with Crippen LogP contribution in [-0.4, -0.2) is 62.0 Å². The molecular formula is C16H26N2O2. The largest absolute Gasteiger partial charge is 0.394 e. The Morgan fingerprint density at radius 3 is 2.60 bits per heavy atom. The number of aryl methyl sites for hydroxylation is 1. The van der Waals surface area contributed by atoms with Crippen molar-refractivity contribution in [1.29, 1.82) is 0 Å². The third kappa shape index (κ3) is 4.20. The molecule has 4 nitrogen and oxygen atoms in total. The highest BCUT2D eigenvalue weighted by Gasteiger charge is 2.23. The van der Waals surface area contributed by atoms with Crippen molar-refractivity contribution in [2.45, 2.75) is 19.9 Å². The van der Waals surface area contributed by atoms with Crippen molar-refractivity contribution in [2.75, 3.05) is 50.9 Å². The number of anilines is 1. The molecule has 0 aromatic heterocycles. The maximum absolute atomic E-state index is 8.69. The summed E-state index contributed by atoms with van der Waals surface area (Å²) in [5.74, 6) is 0. The quantitative estimate of drug-likeness (QED) is 0.800. The Labute approximate surface area is 122 Å². The first-order valence-corrected chi connectivity index (χ1v) is 7.45. The molecule has 0 amide bonds. The van der Waals surface area contributed by atoms with E-state index in [2.05, 4.69) is 47.9 Å². The highest BCUT2D eigenvalue weighted by Crippen LogP contribution is 2.19. The Balaban J connectivity index is 1.81. The fourth-order valence-electron chi connectivity index (χ4n) is 2.67. The van der Waals surface area contributed by atoms with Gasteiger partial charge in [-0.1, -0.05) is 17.7 Å². The van der Waals surface area contributed by atoms with E-state index in [1.807, 2.05) is 0 Å². The molecule has 1 heterocycles. The maximum Gasteiger partial charge on any atom is 0.0698 e. The van der Waals surface area contributed by atoms with Crippen LogP contribution in [0.15, 0.2) is 24.3 Å². The third-order valence-corrected chi connectivity index (χ3v) is 3.92. The SMILES string of the molecule is Cc1ccc(N2CCN(CCOCCO)C(C)C2)cc1. The van der Waals surface area contributed by atoms with Crippen LogP contribution in [0, 0.1) is 6.92 Å². The molecule has 0 bridgehead atoms. The fourth-order valence-corrected chi connectivity index (χ4v) is 2.67. The van der Waals surface area contributed by atoms with Crippen LogP contribution in [0.2, 0.25) is 0 Å². The molecule has 0 aliphatic carbocycles. The van der Waals surface area contributed by atoms with Gasteiger partial charge in [-0.3, -0.25) is 4.90 Å². The lowest BCUT2D eigenvalue weighted by Gasteiger charge is -2.41. The predicted octanol–water partition coefficient (Wildman–Crippen LogP) is 1.51. The molecule has 1 aromatic carbocycles. The summed E-state index contributed by atoms with van der Waals surface area (Å²) in [6, 6.07) is 9.30. The number of benzene rings is 1. The highest BCUT2D eigenvalue weighted by molar-refractivity contribution is 5.48. The molecular weight excluding hydrogens is 252 g/mol. The third-order valence-electron chi connectivity index (χ3n) is 3.92. The summed E-state index contributed by atoms with van der Waals surface area (Å²) in [7, 11) is 0. The highest BCUT2D eigenvalue weighted by atomic mass is 16.5. The van der Waals surface area contributed by atoms with Crippen LogP contribution in [0.4, 0.5) is 5.69 Å². The summed E-state index contributed by atoms with van der Waals surface area (Å²) in [6.45, 7) is 9.78. The Hall–Kier alpha value is -1.10. The second kappa shape index (κ2) is 7.62. The van der Waals surface area contributed by atoms with Crippen LogP contribution in [0.1, 0.15) is 12.5 Å². The van der Waals surface area contributed by atoms with E-state index in [1.165, 1.54) is 11.3 Å². The number of nitrogens with zero attached hydrogens (tertiary/aromatic N) is 2. The van der Waals surface area contributed by atoms with Crippen molar-refractivity contribution in [3.8, 4) is 0 Å². The fraction of sp³-hybridized carbons (Fsp3) is 0.625. The van der Waals surface area contributed by atoms with Gasteiger partial charge in [0.05, 0.1) is 19.8 Å². The summed E-state index contributed by atoms with van der Waals surface area (Å²) in [4.78, 5) is 4.91. The Morgan fingerprint density at radius 2 is 1.95 bits per heavy atom. The Morgan fingerprint density at radius 1 is 1.20 bits per heavy atom. The monoisotopic (exact) mass is 278 g/mol. The number of piperazine rings is 1. The number of aliphatic hydroxyl groups excluding tert-OH is 1. The molecule has 20 heavy (non-hydrogen) atoms. The number of rotatable bonds is 6. The molecule has 1 fully saturated rings. The minimum Gasteiger partial charge on any atom is -0.394 e. The molecule has 1 atom stereocenters. The molecule has 112 valence electrons. The smallest absolute Gasteiger partial charge is 0.0698 e. The van der Waals surface area contributed by atoms with E-state index < -0.39 is 0 Å². The van der Waals surface area contributed by atoms with Gasteiger partial charge in [-0.15, -0.1) is 0 Å². The molecule has 1 aliphatic heterocycles. The van der Waals surface area contributed by atoms with Gasteiger partial charge in [-0.2, -0.15) is 0 Å². The first kappa shape index (κ1) is 15.3. The van der Waals surface area contributed by atoms with Crippen molar-refractivity contribution in [2.24, 2.45) is 0 Å². The van der Waals surface area contributed by atoms with E-state index in [9.17, 15) is 0 Å². The van der Waals surface area contributed by atoms with Gasteiger partial charge in [0, 0.05) is 37.9 Å². The molecule has 4 heteroatoms. The predicted molar refractivity (Wildman–Crippen MR) is 82.3 cm³/mol. The standard InChI is InChI=1S/C16H26N2O2/c1-14-3-5-16(6-4-14)18-8-7-17(15(2)13-18)9-11-20-12-10-19/h3-6,15,19H,7-13H2,1-2H3. The van der Waals surface area contributed by atoms with Crippen molar-refractivity contribution >= 4 is 5.69 Å². The zero-order chi connectivity index (χ0) is 14.4. The average molecular weight is 278 g/mol. The molecule has 0 spiro atoms. The van der Waals surface area contributed by atoms with E-state index in [1.54, 1.807) is 0 Å². The summed E-state index contributed by atoms with van der Waals surface area (Å²) in [6.07, 6.45) is 0. The number of hydrogen-bond acceptors (Lipinski definition) is 4. The van der Waals surface area contributed by atoms with Crippen LogP contribution in [0.3, 0.4) is 0 Å².